The lowest BCUT2D eigenvalue weighted by Crippen LogP contribution is -2.47. The lowest BCUT2D eigenvalue weighted by molar-refractivity contribution is -0.119. The number of nitrogens with zero attached hydrogens (tertiary/aromatic N) is 1. The first-order valence-corrected chi connectivity index (χ1v) is 12.3. The number of carbonyl (C=O) groups excluding carboxylic acids is 1. The Balaban J connectivity index is 2.03. The van der Waals surface area contributed by atoms with Gasteiger partial charge in [-0.2, -0.15) is 8.62 Å². The fraction of sp³-hybridized carbons (Fsp3) is 0.545. The van der Waals surface area contributed by atoms with Gasteiger partial charge in [-0.1, -0.05) is 6.58 Å². The van der Waals surface area contributed by atoms with E-state index in [0.29, 0.717) is 0 Å². The minimum Gasteiger partial charge on any atom is -0.387 e. The van der Waals surface area contributed by atoms with Gasteiger partial charge in [-0.3, -0.25) is 9.32 Å². The summed E-state index contributed by atoms with van der Waals surface area (Å²) in [6.07, 6.45) is -4.75. The fourth-order valence-corrected chi connectivity index (χ4v) is 5.46. The largest absolute Gasteiger partial charge is 0.490 e. The molecule has 30 heavy (non-hydrogen) atoms. The molecule has 0 bridgehead atoms. The number of hydrogen-bond donors (Lipinski definition) is 7. The molecule has 16 nitrogen and oxygen atoms in total. The number of aliphatic hydroxyl groups is 2. The van der Waals surface area contributed by atoms with Crippen LogP contribution in [-0.4, -0.2) is 71.7 Å². The molecule has 19 heteroatoms. The van der Waals surface area contributed by atoms with E-state index in [0.717, 1.165) is 0 Å². The normalized spacial score (nSPS) is 31.7. The van der Waals surface area contributed by atoms with Crippen LogP contribution in [0.5, 0.6) is 0 Å². The summed E-state index contributed by atoms with van der Waals surface area (Å²) < 4.78 is 50.5. The van der Waals surface area contributed by atoms with Crippen molar-refractivity contribution in [1.82, 2.24) is 10.2 Å². The molecular formula is C11H19N2O14P3. The van der Waals surface area contributed by atoms with E-state index in [1.807, 2.05) is 0 Å². The molecule has 6 unspecified atom stereocenters. The van der Waals surface area contributed by atoms with Crippen molar-refractivity contribution in [3.8, 4) is 0 Å². The number of carbonyl (C=O) groups is 1. The van der Waals surface area contributed by atoms with Crippen LogP contribution in [0.25, 0.3) is 0 Å². The maximum atomic E-state index is 11.7. The fourth-order valence-electron chi connectivity index (χ4n) is 2.43. The highest BCUT2D eigenvalue weighted by atomic mass is 31.3. The minimum absolute atomic E-state index is 0.00962. The van der Waals surface area contributed by atoms with Gasteiger partial charge in [0.25, 0.3) is 5.91 Å². The van der Waals surface area contributed by atoms with Crippen LogP contribution in [0, 0.1) is 0 Å². The summed E-state index contributed by atoms with van der Waals surface area (Å²) in [6, 6.07) is 0. The van der Waals surface area contributed by atoms with Gasteiger partial charge >= 0.3 is 23.5 Å². The van der Waals surface area contributed by atoms with Crippen molar-refractivity contribution >= 4 is 29.4 Å². The summed E-state index contributed by atoms with van der Waals surface area (Å²) in [5.74, 6) is -0.441. The van der Waals surface area contributed by atoms with E-state index in [4.69, 9.17) is 19.4 Å². The van der Waals surface area contributed by atoms with Crippen LogP contribution in [0.3, 0.4) is 0 Å². The zero-order chi connectivity index (χ0) is 23.1. The van der Waals surface area contributed by atoms with Gasteiger partial charge in [0, 0.05) is 11.8 Å². The van der Waals surface area contributed by atoms with E-state index < -0.39 is 60.5 Å². The Morgan fingerprint density at radius 2 is 1.73 bits per heavy atom. The van der Waals surface area contributed by atoms with Gasteiger partial charge < -0.3 is 44.7 Å². The van der Waals surface area contributed by atoms with Crippen molar-refractivity contribution in [2.75, 3.05) is 6.61 Å². The first-order chi connectivity index (χ1) is 13.5. The number of aliphatic hydroxyl groups excluding tert-OH is 2. The van der Waals surface area contributed by atoms with Gasteiger partial charge in [0.05, 0.1) is 6.61 Å². The van der Waals surface area contributed by atoms with Crippen molar-refractivity contribution in [3.05, 3.63) is 24.2 Å². The molecule has 0 aromatic heterocycles. The second kappa shape index (κ2) is 8.88. The Labute approximate surface area is 168 Å². The molecule has 0 aliphatic carbocycles. The highest BCUT2D eigenvalue weighted by molar-refractivity contribution is 7.66. The number of rotatable bonds is 8. The average molecular weight is 496 g/mol. The molecule has 0 spiro atoms. The zero-order valence-electron chi connectivity index (χ0n) is 15.0. The molecule has 2 rings (SSSR count). The predicted molar refractivity (Wildman–Crippen MR) is 93.4 cm³/mol. The molecule has 7 N–H and O–H groups in total. The van der Waals surface area contributed by atoms with E-state index in [-0.39, 0.29) is 11.4 Å². The van der Waals surface area contributed by atoms with E-state index in [2.05, 4.69) is 25.0 Å². The third-order valence-corrected chi connectivity index (χ3v) is 7.49. The number of phosphoric acid groups is 3. The summed E-state index contributed by atoms with van der Waals surface area (Å²) in [5.41, 5.74) is 0.226. The third kappa shape index (κ3) is 6.52. The van der Waals surface area contributed by atoms with Crippen molar-refractivity contribution in [3.63, 3.8) is 0 Å². The van der Waals surface area contributed by atoms with Gasteiger partial charge in [0.1, 0.15) is 24.1 Å². The van der Waals surface area contributed by atoms with Crippen LogP contribution in [0.4, 0.5) is 0 Å². The smallest absolute Gasteiger partial charge is 0.387 e. The van der Waals surface area contributed by atoms with Crippen molar-refractivity contribution < 1.29 is 66.2 Å². The number of amides is 1. The molecule has 2 aliphatic heterocycles. The lowest BCUT2D eigenvalue weighted by Gasteiger charge is -2.33. The van der Waals surface area contributed by atoms with Crippen molar-refractivity contribution in [2.45, 2.75) is 31.5 Å². The Morgan fingerprint density at radius 1 is 1.13 bits per heavy atom. The van der Waals surface area contributed by atoms with Crippen molar-refractivity contribution in [1.29, 1.82) is 0 Å². The molecule has 2 heterocycles. The zero-order valence-corrected chi connectivity index (χ0v) is 17.7. The number of nitrogens with one attached hydrogen (secondary N) is 1. The van der Waals surface area contributed by atoms with Crippen LogP contribution < -0.4 is 5.32 Å². The molecule has 1 fully saturated rings. The van der Waals surface area contributed by atoms with Crippen LogP contribution in [0.15, 0.2) is 24.2 Å². The number of phosphoric ester groups is 1. The van der Waals surface area contributed by atoms with Gasteiger partial charge in [-0.25, -0.2) is 13.7 Å². The Hall–Kier alpha value is -0.960. The van der Waals surface area contributed by atoms with Gasteiger partial charge in [0.2, 0.25) is 0 Å². The second-order valence-corrected chi connectivity index (χ2v) is 10.5. The average Bonchev–Trinajstić information content (AvgIpc) is 2.81. The molecule has 1 amide bonds. The molecule has 0 saturated carbocycles. The molecule has 0 radical (unpaired) electrons. The minimum atomic E-state index is -5.70. The van der Waals surface area contributed by atoms with Gasteiger partial charge in [-0.05, 0) is 6.92 Å². The van der Waals surface area contributed by atoms with E-state index in [1.165, 1.54) is 18.0 Å². The Morgan fingerprint density at radius 3 is 2.30 bits per heavy atom. The van der Waals surface area contributed by atoms with E-state index >= 15 is 0 Å². The van der Waals surface area contributed by atoms with Crippen LogP contribution >= 0.6 is 23.5 Å². The number of hydrogen-bond acceptors (Lipinski definition) is 11. The molecule has 172 valence electrons. The molecule has 2 aliphatic rings. The lowest BCUT2D eigenvalue weighted by atomic mass is 10.1. The highest BCUT2D eigenvalue weighted by Crippen LogP contribution is 2.66. The summed E-state index contributed by atoms with van der Waals surface area (Å²) in [4.78, 5) is 48.2. The Kier molecular flexibility index (Phi) is 7.49. The van der Waals surface area contributed by atoms with E-state index in [1.54, 1.807) is 0 Å². The third-order valence-electron chi connectivity index (χ3n) is 3.69. The summed E-state index contributed by atoms with van der Waals surface area (Å²) in [6.45, 7) is 4.06. The van der Waals surface area contributed by atoms with Gasteiger partial charge in [-0.15, -0.1) is 0 Å². The van der Waals surface area contributed by atoms with Crippen LogP contribution in [0.2, 0.25) is 0 Å². The quantitative estimate of drug-likeness (QED) is 0.191. The SMILES string of the molecule is C=C1NC(=O)C(C)=CN1C1OC(COP(=O)(O)OP(=O)(O)OP(=O)(O)O)C(O)C1O. The van der Waals surface area contributed by atoms with Gasteiger partial charge in [0.15, 0.2) is 6.23 Å². The summed E-state index contributed by atoms with van der Waals surface area (Å²) in [7, 11) is -16.7. The summed E-state index contributed by atoms with van der Waals surface area (Å²) in [5, 5.41) is 22.7. The first kappa shape index (κ1) is 25.3. The van der Waals surface area contributed by atoms with Crippen LogP contribution in [-0.2, 0) is 36.4 Å². The molecule has 0 aromatic rings. The standard InChI is InChI=1S/C11H19N2O14P3/c1-5-3-13(6(2)12-10(5)16)11-9(15)8(14)7(25-11)4-24-29(20,21)27-30(22,23)26-28(17,18)19/h3,7-9,11,14-15H,2,4H2,1H3,(H,12,16)(H,20,21)(H,22,23)(H2,17,18,19). The summed E-state index contributed by atoms with van der Waals surface area (Å²) >= 11 is 0. The molecule has 1 saturated heterocycles. The number of ether oxygens (including phenoxy) is 1. The predicted octanol–water partition coefficient (Wildman–Crippen LogP) is -1.42. The topological polar surface area (TPSA) is 242 Å². The first-order valence-electron chi connectivity index (χ1n) is 7.78. The highest BCUT2D eigenvalue weighted by Gasteiger charge is 2.48. The maximum Gasteiger partial charge on any atom is 0.490 e. The second-order valence-electron chi connectivity index (χ2n) is 6.05. The van der Waals surface area contributed by atoms with Crippen LogP contribution in [0.1, 0.15) is 6.92 Å². The van der Waals surface area contributed by atoms with Crippen molar-refractivity contribution in [2.24, 2.45) is 0 Å². The Bertz CT molecular complexity index is 884. The molecular weight excluding hydrogens is 477 g/mol. The molecule has 6 atom stereocenters. The maximum absolute atomic E-state index is 11.7. The van der Waals surface area contributed by atoms with E-state index in [9.17, 15) is 33.6 Å². The monoisotopic (exact) mass is 496 g/mol. The molecule has 0 aromatic carbocycles.